The standard InChI is InChI=1S/C12H16F3NO/c1-8-6-9(12(13,14)15)4-5-10(8)11(2,17)7-16-3/h4-6,16-17H,7H2,1-3H3. The number of aliphatic hydroxyl groups is 1. The molecule has 1 unspecified atom stereocenters. The van der Waals surface area contributed by atoms with E-state index in [-0.39, 0.29) is 6.54 Å². The molecule has 0 aromatic heterocycles. The van der Waals surface area contributed by atoms with Crippen molar-refractivity contribution in [3.8, 4) is 0 Å². The first-order valence-electron chi connectivity index (χ1n) is 5.24. The van der Waals surface area contributed by atoms with Crippen molar-refractivity contribution in [3.63, 3.8) is 0 Å². The first-order valence-corrected chi connectivity index (χ1v) is 5.24. The summed E-state index contributed by atoms with van der Waals surface area (Å²) in [5, 5.41) is 12.9. The van der Waals surface area contributed by atoms with Gasteiger partial charge in [0.25, 0.3) is 0 Å². The highest BCUT2D eigenvalue weighted by Gasteiger charge is 2.32. The lowest BCUT2D eigenvalue weighted by molar-refractivity contribution is -0.137. The van der Waals surface area contributed by atoms with Crippen LogP contribution in [0.1, 0.15) is 23.6 Å². The summed E-state index contributed by atoms with van der Waals surface area (Å²) in [7, 11) is 1.67. The maximum Gasteiger partial charge on any atom is 0.416 e. The van der Waals surface area contributed by atoms with Gasteiger partial charge in [0.15, 0.2) is 0 Å². The van der Waals surface area contributed by atoms with Gasteiger partial charge in [0, 0.05) is 6.54 Å². The van der Waals surface area contributed by atoms with Gasteiger partial charge >= 0.3 is 6.18 Å². The van der Waals surface area contributed by atoms with Crippen molar-refractivity contribution in [2.45, 2.75) is 25.6 Å². The van der Waals surface area contributed by atoms with E-state index in [1.54, 1.807) is 20.9 Å². The fourth-order valence-corrected chi connectivity index (χ4v) is 1.88. The quantitative estimate of drug-likeness (QED) is 0.859. The summed E-state index contributed by atoms with van der Waals surface area (Å²) in [6.07, 6.45) is -4.35. The van der Waals surface area contributed by atoms with E-state index in [0.717, 1.165) is 12.1 Å². The molecule has 0 aliphatic rings. The molecule has 96 valence electrons. The Labute approximate surface area is 98.5 Å². The number of hydrogen-bond acceptors (Lipinski definition) is 2. The smallest absolute Gasteiger partial charge is 0.384 e. The third-order valence-corrected chi connectivity index (χ3v) is 2.65. The summed E-state index contributed by atoms with van der Waals surface area (Å²) in [5.74, 6) is 0. The van der Waals surface area contributed by atoms with Crippen molar-refractivity contribution in [1.82, 2.24) is 5.32 Å². The van der Waals surface area contributed by atoms with Crippen molar-refractivity contribution in [2.24, 2.45) is 0 Å². The molecular weight excluding hydrogens is 231 g/mol. The predicted molar refractivity (Wildman–Crippen MR) is 59.7 cm³/mol. The molecule has 0 spiro atoms. The van der Waals surface area contributed by atoms with Crippen LogP contribution in [0.2, 0.25) is 0 Å². The molecule has 1 atom stereocenters. The number of nitrogens with one attached hydrogen (secondary N) is 1. The third kappa shape index (κ3) is 3.20. The number of alkyl halides is 3. The van der Waals surface area contributed by atoms with E-state index in [1.807, 2.05) is 0 Å². The molecule has 1 aromatic rings. The summed E-state index contributed by atoms with van der Waals surface area (Å²) in [6.45, 7) is 3.41. The molecule has 0 saturated carbocycles. The van der Waals surface area contributed by atoms with Crippen LogP contribution in [0, 0.1) is 6.92 Å². The monoisotopic (exact) mass is 247 g/mol. The van der Waals surface area contributed by atoms with Crippen LogP contribution in [0.5, 0.6) is 0 Å². The number of benzene rings is 1. The highest BCUT2D eigenvalue weighted by molar-refractivity contribution is 5.36. The van der Waals surface area contributed by atoms with Crippen LogP contribution in [-0.2, 0) is 11.8 Å². The van der Waals surface area contributed by atoms with Gasteiger partial charge in [0.1, 0.15) is 0 Å². The summed E-state index contributed by atoms with van der Waals surface area (Å²) >= 11 is 0. The van der Waals surface area contributed by atoms with Gasteiger partial charge in [-0.2, -0.15) is 13.2 Å². The minimum atomic E-state index is -4.35. The van der Waals surface area contributed by atoms with Crippen molar-refractivity contribution >= 4 is 0 Å². The molecule has 0 saturated heterocycles. The topological polar surface area (TPSA) is 32.3 Å². The zero-order valence-electron chi connectivity index (χ0n) is 10.0. The van der Waals surface area contributed by atoms with Crippen molar-refractivity contribution in [1.29, 1.82) is 0 Å². The molecule has 2 nitrogen and oxygen atoms in total. The molecule has 17 heavy (non-hydrogen) atoms. The van der Waals surface area contributed by atoms with Gasteiger partial charge in [-0.1, -0.05) is 6.07 Å². The first kappa shape index (κ1) is 14.0. The van der Waals surface area contributed by atoms with Crippen LogP contribution in [0.4, 0.5) is 13.2 Å². The summed E-state index contributed by atoms with van der Waals surface area (Å²) in [5.41, 5.74) is -0.942. The van der Waals surface area contributed by atoms with Crippen LogP contribution in [0.3, 0.4) is 0 Å². The largest absolute Gasteiger partial charge is 0.416 e. The lowest BCUT2D eigenvalue weighted by Crippen LogP contribution is -2.34. The normalized spacial score (nSPS) is 15.7. The lowest BCUT2D eigenvalue weighted by atomic mass is 9.90. The highest BCUT2D eigenvalue weighted by atomic mass is 19.4. The minimum Gasteiger partial charge on any atom is -0.384 e. The summed E-state index contributed by atoms with van der Waals surface area (Å²) < 4.78 is 37.4. The SMILES string of the molecule is CNCC(C)(O)c1ccc(C(F)(F)F)cc1C. The molecular formula is C12H16F3NO. The molecule has 1 rings (SSSR count). The van der Waals surface area contributed by atoms with Gasteiger partial charge in [0.05, 0.1) is 11.2 Å². The van der Waals surface area contributed by atoms with Crippen molar-refractivity contribution in [3.05, 3.63) is 34.9 Å². The molecule has 0 amide bonds. The average Bonchev–Trinajstić information content (AvgIpc) is 2.15. The second-order valence-electron chi connectivity index (χ2n) is 4.33. The second kappa shape index (κ2) is 4.66. The molecule has 5 heteroatoms. The summed E-state index contributed by atoms with van der Waals surface area (Å²) in [4.78, 5) is 0. The van der Waals surface area contributed by atoms with Gasteiger partial charge < -0.3 is 10.4 Å². The van der Waals surface area contributed by atoms with Crippen LogP contribution in [0.15, 0.2) is 18.2 Å². The molecule has 0 fully saturated rings. The van der Waals surface area contributed by atoms with E-state index >= 15 is 0 Å². The Bertz CT molecular complexity index is 399. The predicted octanol–water partition coefficient (Wildman–Crippen LogP) is 2.44. The molecule has 0 aliphatic carbocycles. The number of likely N-dealkylation sites (N-methyl/N-ethyl adjacent to an activating group) is 1. The van der Waals surface area contributed by atoms with Crippen LogP contribution in [-0.4, -0.2) is 18.7 Å². The second-order valence-corrected chi connectivity index (χ2v) is 4.33. The Balaban J connectivity index is 3.14. The number of halogens is 3. The van der Waals surface area contributed by atoms with Crippen LogP contribution < -0.4 is 5.32 Å². The van der Waals surface area contributed by atoms with Gasteiger partial charge in [-0.15, -0.1) is 0 Å². The van der Waals surface area contributed by atoms with E-state index in [9.17, 15) is 18.3 Å². The van der Waals surface area contributed by atoms with Gasteiger partial charge in [0.2, 0.25) is 0 Å². The van der Waals surface area contributed by atoms with Crippen LogP contribution in [0.25, 0.3) is 0 Å². The third-order valence-electron chi connectivity index (χ3n) is 2.65. The molecule has 1 aromatic carbocycles. The van der Waals surface area contributed by atoms with E-state index < -0.39 is 17.3 Å². The zero-order valence-corrected chi connectivity index (χ0v) is 10.0. The average molecular weight is 247 g/mol. The molecule has 0 heterocycles. The van der Waals surface area contributed by atoms with Gasteiger partial charge in [-0.3, -0.25) is 0 Å². The molecule has 0 aliphatic heterocycles. The first-order chi connectivity index (χ1) is 7.68. The fraction of sp³-hybridized carbons (Fsp3) is 0.500. The molecule has 0 bridgehead atoms. The maximum absolute atomic E-state index is 12.5. The van der Waals surface area contributed by atoms with E-state index in [2.05, 4.69) is 5.32 Å². The zero-order chi connectivity index (χ0) is 13.3. The maximum atomic E-state index is 12.5. The Morgan fingerprint density at radius 1 is 1.29 bits per heavy atom. The molecule has 0 radical (unpaired) electrons. The Kier molecular flexibility index (Phi) is 3.84. The van der Waals surface area contributed by atoms with Crippen molar-refractivity contribution in [2.75, 3.05) is 13.6 Å². The fourth-order valence-electron chi connectivity index (χ4n) is 1.88. The van der Waals surface area contributed by atoms with E-state index in [1.165, 1.54) is 6.07 Å². The number of rotatable bonds is 3. The van der Waals surface area contributed by atoms with Gasteiger partial charge in [-0.05, 0) is 44.2 Å². The number of aryl methyl sites for hydroxylation is 1. The van der Waals surface area contributed by atoms with E-state index in [4.69, 9.17) is 0 Å². The number of hydrogen-bond donors (Lipinski definition) is 2. The Morgan fingerprint density at radius 2 is 1.88 bits per heavy atom. The van der Waals surface area contributed by atoms with Crippen molar-refractivity contribution < 1.29 is 18.3 Å². The highest BCUT2D eigenvalue weighted by Crippen LogP contribution is 2.32. The lowest BCUT2D eigenvalue weighted by Gasteiger charge is -2.26. The summed E-state index contributed by atoms with van der Waals surface area (Å²) in [6, 6.07) is 3.38. The Hall–Kier alpha value is -1.07. The Morgan fingerprint density at radius 3 is 2.29 bits per heavy atom. The van der Waals surface area contributed by atoms with Crippen LogP contribution >= 0.6 is 0 Å². The van der Waals surface area contributed by atoms with E-state index in [0.29, 0.717) is 11.1 Å². The molecule has 2 N–H and O–H groups in total. The minimum absolute atomic E-state index is 0.277. The van der Waals surface area contributed by atoms with Gasteiger partial charge in [-0.25, -0.2) is 0 Å².